The smallest absolute Gasteiger partial charge is 0.115 e. The van der Waals surface area contributed by atoms with E-state index in [2.05, 4.69) is 18.7 Å². The van der Waals surface area contributed by atoms with Crippen molar-refractivity contribution in [2.24, 2.45) is 17.6 Å². The van der Waals surface area contributed by atoms with Crippen molar-refractivity contribution in [1.82, 2.24) is 4.90 Å². The fourth-order valence-corrected chi connectivity index (χ4v) is 3.17. The van der Waals surface area contributed by atoms with Crippen LogP contribution in [0, 0.1) is 11.8 Å². The molecule has 3 heteroatoms. The van der Waals surface area contributed by atoms with Crippen molar-refractivity contribution < 1.29 is 5.11 Å². The van der Waals surface area contributed by atoms with E-state index in [4.69, 9.17) is 5.73 Å². The number of hydrogen-bond donors (Lipinski definition) is 2. The van der Waals surface area contributed by atoms with Crippen LogP contribution in [0.4, 0.5) is 0 Å². The van der Waals surface area contributed by atoms with Crippen molar-refractivity contribution in [2.45, 2.75) is 32.7 Å². The summed E-state index contributed by atoms with van der Waals surface area (Å²) in [7, 11) is 0. The highest BCUT2D eigenvalue weighted by Gasteiger charge is 2.29. The molecule has 3 N–H and O–H groups in total. The highest BCUT2D eigenvalue weighted by atomic mass is 16.3. The molecule has 1 aromatic rings. The Morgan fingerprint density at radius 1 is 1.37 bits per heavy atom. The summed E-state index contributed by atoms with van der Waals surface area (Å²) in [5, 5.41) is 9.41. The molecular weight excluding hydrogens is 236 g/mol. The van der Waals surface area contributed by atoms with Gasteiger partial charge in [-0.15, -0.1) is 0 Å². The lowest BCUT2D eigenvalue weighted by Gasteiger charge is -2.41. The normalized spacial score (nSPS) is 26.3. The van der Waals surface area contributed by atoms with Gasteiger partial charge in [0, 0.05) is 12.6 Å². The van der Waals surface area contributed by atoms with E-state index in [1.165, 1.54) is 12.0 Å². The SMILES string of the molecule is CCC(c1ccc(O)cc1)N1CCC(C)C(CN)C1. The number of rotatable bonds is 4. The molecular formula is C16H26N2O. The summed E-state index contributed by atoms with van der Waals surface area (Å²) in [6.45, 7) is 7.57. The van der Waals surface area contributed by atoms with Crippen LogP contribution in [0.1, 0.15) is 38.3 Å². The molecule has 3 nitrogen and oxygen atoms in total. The molecule has 1 aliphatic rings. The fraction of sp³-hybridized carbons (Fsp3) is 0.625. The van der Waals surface area contributed by atoms with Crippen LogP contribution in [0.3, 0.4) is 0 Å². The zero-order valence-electron chi connectivity index (χ0n) is 12.0. The fourth-order valence-electron chi connectivity index (χ4n) is 3.17. The Morgan fingerprint density at radius 2 is 2.05 bits per heavy atom. The maximum absolute atomic E-state index is 9.41. The maximum Gasteiger partial charge on any atom is 0.115 e. The number of nitrogens with zero attached hydrogens (tertiary/aromatic N) is 1. The molecule has 3 atom stereocenters. The molecule has 1 aliphatic heterocycles. The van der Waals surface area contributed by atoms with E-state index < -0.39 is 0 Å². The monoisotopic (exact) mass is 262 g/mol. The molecule has 1 heterocycles. The lowest BCUT2D eigenvalue weighted by atomic mass is 9.85. The maximum atomic E-state index is 9.41. The van der Waals surface area contributed by atoms with Crippen molar-refractivity contribution in [1.29, 1.82) is 0 Å². The van der Waals surface area contributed by atoms with E-state index in [1.807, 2.05) is 12.1 Å². The summed E-state index contributed by atoms with van der Waals surface area (Å²) in [5.74, 6) is 1.68. The molecule has 1 fully saturated rings. The van der Waals surface area contributed by atoms with Gasteiger partial charge in [0.1, 0.15) is 5.75 Å². The van der Waals surface area contributed by atoms with E-state index in [9.17, 15) is 5.11 Å². The van der Waals surface area contributed by atoms with E-state index in [1.54, 1.807) is 12.1 Å². The minimum absolute atomic E-state index is 0.339. The number of likely N-dealkylation sites (tertiary alicyclic amines) is 1. The van der Waals surface area contributed by atoms with Gasteiger partial charge in [0.25, 0.3) is 0 Å². The predicted molar refractivity (Wildman–Crippen MR) is 79.0 cm³/mol. The summed E-state index contributed by atoms with van der Waals surface area (Å²) >= 11 is 0. The Bertz CT molecular complexity index is 390. The largest absolute Gasteiger partial charge is 0.508 e. The highest BCUT2D eigenvalue weighted by Crippen LogP contribution is 2.32. The van der Waals surface area contributed by atoms with E-state index >= 15 is 0 Å². The molecule has 106 valence electrons. The topological polar surface area (TPSA) is 49.5 Å². The lowest BCUT2D eigenvalue weighted by molar-refractivity contribution is 0.0885. The minimum atomic E-state index is 0.339. The number of aromatic hydroxyl groups is 1. The molecule has 3 unspecified atom stereocenters. The van der Waals surface area contributed by atoms with Crippen LogP contribution in [0.15, 0.2) is 24.3 Å². The standard InChI is InChI=1S/C16H26N2O/c1-3-16(13-4-6-15(19)7-5-13)18-9-8-12(2)14(10-17)11-18/h4-7,12,14,16,19H,3,8-11,17H2,1-2H3. The first kappa shape index (κ1) is 14.4. The third-order valence-electron chi connectivity index (χ3n) is 4.55. The number of nitrogens with two attached hydrogens (primary N) is 1. The second-order valence-electron chi connectivity index (χ2n) is 5.77. The molecule has 0 spiro atoms. The first-order valence-corrected chi connectivity index (χ1v) is 7.38. The Morgan fingerprint density at radius 3 is 2.63 bits per heavy atom. The molecule has 0 radical (unpaired) electrons. The highest BCUT2D eigenvalue weighted by molar-refractivity contribution is 5.28. The summed E-state index contributed by atoms with van der Waals surface area (Å²) in [6.07, 6.45) is 2.33. The van der Waals surface area contributed by atoms with Gasteiger partial charge >= 0.3 is 0 Å². The van der Waals surface area contributed by atoms with Crippen molar-refractivity contribution in [3.05, 3.63) is 29.8 Å². The van der Waals surface area contributed by atoms with Crippen LogP contribution >= 0.6 is 0 Å². The van der Waals surface area contributed by atoms with Gasteiger partial charge in [0.2, 0.25) is 0 Å². The Hall–Kier alpha value is -1.06. The van der Waals surface area contributed by atoms with Crippen molar-refractivity contribution >= 4 is 0 Å². The second kappa shape index (κ2) is 6.40. The van der Waals surface area contributed by atoms with Crippen LogP contribution < -0.4 is 5.73 Å². The van der Waals surface area contributed by atoms with Gasteiger partial charge in [0.05, 0.1) is 0 Å². The average molecular weight is 262 g/mol. The number of hydrogen-bond acceptors (Lipinski definition) is 3. The summed E-state index contributed by atoms with van der Waals surface area (Å²) < 4.78 is 0. The first-order valence-electron chi connectivity index (χ1n) is 7.38. The summed E-state index contributed by atoms with van der Waals surface area (Å²) in [4.78, 5) is 2.56. The van der Waals surface area contributed by atoms with E-state index in [0.29, 0.717) is 17.7 Å². The van der Waals surface area contributed by atoms with Gasteiger partial charge in [-0.05, 0) is 55.5 Å². The molecule has 2 rings (SSSR count). The Labute approximate surface area is 116 Å². The number of benzene rings is 1. The molecule has 19 heavy (non-hydrogen) atoms. The van der Waals surface area contributed by atoms with Gasteiger partial charge in [-0.25, -0.2) is 0 Å². The summed E-state index contributed by atoms with van der Waals surface area (Å²) in [6, 6.07) is 8.09. The molecule has 0 aliphatic carbocycles. The molecule has 1 aromatic carbocycles. The quantitative estimate of drug-likeness (QED) is 0.877. The van der Waals surface area contributed by atoms with Crippen LogP contribution in [0.25, 0.3) is 0 Å². The van der Waals surface area contributed by atoms with Gasteiger partial charge in [-0.2, -0.15) is 0 Å². The van der Waals surface area contributed by atoms with Gasteiger partial charge in [0.15, 0.2) is 0 Å². The van der Waals surface area contributed by atoms with E-state index in [0.717, 1.165) is 32.0 Å². The van der Waals surface area contributed by atoms with Gasteiger partial charge in [-0.3, -0.25) is 4.90 Å². The molecule has 0 amide bonds. The molecule has 1 saturated heterocycles. The second-order valence-corrected chi connectivity index (χ2v) is 5.77. The predicted octanol–water partition coefficient (Wildman–Crippen LogP) is 2.76. The number of phenols is 1. The summed E-state index contributed by atoms with van der Waals surface area (Å²) in [5.41, 5.74) is 7.19. The zero-order chi connectivity index (χ0) is 13.8. The van der Waals surface area contributed by atoms with Crippen molar-refractivity contribution in [2.75, 3.05) is 19.6 Å². The third-order valence-corrected chi connectivity index (χ3v) is 4.55. The minimum Gasteiger partial charge on any atom is -0.508 e. The Kier molecular flexibility index (Phi) is 4.83. The van der Waals surface area contributed by atoms with Gasteiger partial charge in [-0.1, -0.05) is 26.0 Å². The van der Waals surface area contributed by atoms with Crippen LogP contribution in [-0.4, -0.2) is 29.6 Å². The van der Waals surface area contributed by atoms with E-state index in [-0.39, 0.29) is 0 Å². The first-order chi connectivity index (χ1) is 9.15. The Balaban J connectivity index is 2.11. The van der Waals surface area contributed by atoms with Crippen LogP contribution in [0.2, 0.25) is 0 Å². The number of piperidine rings is 1. The number of phenolic OH excluding ortho intramolecular Hbond substituents is 1. The molecule has 0 saturated carbocycles. The van der Waals surface area contributed by atoms with Crippen molar-refractivity contribution in [3.8, 4) is 5.75 Å². The molecule has 0 aromatic heterocycles. The zero-order valence-corrected chi connectivity index (χ0v) is 12.0. The molecule has 0 bridgehead atoms. The van der Waals surface area contributed by atoms with Crippen LogP contribution in [0.5, 0.6) is 5.75 Å². The third kappa shape index (κ3) is 3.28. The van der Waals surface area contributed by atoms with Crippen molar-refractivity contribution in [3.63, 3.8) is 0 Å². The average Bonchev–Trinajstić information content (AvgIpc) is 2.43. The lowest BCUT2D eigenvalue weighted by Crippen LogP contribution is -2.44. The van der Waals surface area contributed by atoms with Gasteiger partial charge < -0.3 is 10.8 Å². The van der Waals surface area contributed by atoms with Crippen LogP contribution in [-0.2, 0) is 0 Å².